The van der Waals surface area contributed by atoms with Crippen LogP contribution < -0.4 is 20.1 Å². The molecule has 154 valence electrons. The Morgan fingerprint density at radius 3 is 2.40 bits per heavy atom. The van der Waals surface area contributed by atoms with E-state index in [1.54, 1.807) is 60.7 Å². The first kappa shape index (κ1) is 21.7. The molecule has 0 bridgehead atoms. The minimum absolute atomic E-state index is 0.170. The summed E-state index contributed by atoms with van der Waals surface area (Å²) in [4.78, 5) is 24.6. The van der Waals surface area contributed by atoms with Crippen molar-refractivity contribution in [1.82, 2.24) is 0 Å². The number of amides is 2. The van der Waals surface area contributed by atoms with Crippen LogP contribution in [0.15, 0.2) is 71.2 Å². The molecule has 0 radical (unpaired) electrons. The molecule has 0 saturated heterocycles. The lowest BCUT2D eigenvalue weighted by molar-refractivity contribution is -0.118. The Balaban J connectivity index is 1.56. The molecule has 0 atom stereocenters. The molecule has 6 nitrogen and oxygen atoms in total. The normalized spacial score (nSPS) is 10.2. The number of ether oxygens (including phenoxy) is 2. The van der Waals surface area contributed by atoms with Crippen LogP contribution in [0.5, 0.6) is 11.5 Å². The van der Waals surface area contributed by atoms with Crippen molar-refractivity contribution in [3.8, 4) is 11.5 Å². The average molecular weight is 490 g/mol. The predicted molar refractivity (Wildman–Crippen MR) is 121 cm³/mol. The zero-order valence-corrected chi connectivity index (χ0v) is 18.3. The molecule has 3 rings (SSSR count). The zero-order valence-electron chi connectivity index (χ0n) is 15.9. The van der Waals surface area contributed by atoms with E-state index in [4.69, 9.17) is 21.1 Å². The summed E-state index contributed by atoms with van der Waals surface area (Å²) in [7, 11) is 1.54. The third-order valence-electron chi connectivity index (χ3n) is 4.04. The van der Waals surface area contributed by atoms with Crippen LogP contribution in [0.25, 0.3) is 0 Å². The SMILES string of the molecule is COc1ccccc1NC(=O)c1ccc(NC(=O)COc2ccc(Cl)cc2Br)cc1. The highest BCUT2D eigenvalue weighted by Gasteiger charge is 2.11. The van der Waals surface area contributed by atoms with Crippen molar-refractivity contribution in [3.63, 3.8) is 0 Å². The van der Waals surface area contributed by atoms with Crippen molar-refractivity contribution in [1.29, 1.82) is 0 Å². The Kier molecular flexibility index (Phi) is 7.32. The van der Waals surface area contributed by atoms with E-state index in [9.17, 15) is 9.59 Å². The summed E-state index contributed by atoms with van der Waals surface area (Å²) in [5.41, 5.74) is 1.57. The summed E-state index contributed by atoms with van der Waals surface area (Å²) < 4.78 is 11.4. The standard InChI is InChI=1S/C22H18BrClN2O4/c1-29-20-5-3-2-4-18(20)26-22(28)14-6-9-16(10-7-14)25-21(27)13-30-19-11-8-15(24)12-17(19)23/h2-12H,13H2,1H3,(H,25,27)(H,26,28). The number of para-hydroxylation sites is 2. The van der Waals surface area contributed by atoms with Crippen molar-refractivity contribution in [2.24, 2.45) is 0 Å². The van der Waals surface area contributed by atoms with Crippen LogP contribution in [-0.4, -0.2) is 25.5 Å². The molecule has 0 spiro atoms. The third kappa shape index (κ3) is 5.75. The van der Waals surface area contributed by atoms with Crippen molar-refractivity contribution < 1.29 is 19.1 Å². The largest absolute Gasteiger partial charge is 0.495 e. The molecular formula is C22H18BrClN2O4. The fraction of sp³-hybridized carbons (Fsp3) is 0.0909. The van der Waals surface area contributed by atoms with Crippen LogP contribution in [0.3, 0.4) is 0 Å². The Morgan fingerprint density at radius 1 is 0.967 bits per heavy atom. The second-order valence-corrected chi connectivity index (χ2v) is 7.43. The van der Waals surface area contributed by atoms with Crippen LogP contribution in [0.4, 0.5) is 11.4 Å². The van der Waals surface area contributed by atoms with Crippen molar-refractivity contribution in [2.75, 3.05) is 24.4 Å². The van der Waals surface area contributed by atoms with E-state index >= 15 is 0 Å². The molecule has 2 amide bonds. The Morgan fingerprint density at radius 2 is 1.70 bits per heavy atom. The monoisotopic (exact) mass is 488 g/mol. The number of carbonyl (C=O) groups excluding carboxylic acids is 2. The van der Waals surface area contributed by atoms with E-state index in [0.717, 1.165) is 0 Å². The van der Waals surface area contributed by atoms with Gasteiger partial charge in [0.05, 0.1) is 17.3 Å². The number of hydrogen-bond donors (Lipinski definition) is 2. The molecular weight excluding hydrogens is 472 g/mol. The van der Waals surface area contributed by atoms with Gasteiger partial charge in [0.25, 0.3) is 11.8 Å². The first-order valence-corrected chi connectivity index (χ1v) is 10.1. The average Bonchev–Trinajstić information content (AvgIpc) is 2.74. The second kappa shape index (κ2) is 10.1. The Bertz CT molecular complexity index is 1060. The van der Waals surface area contributed by atoms with Gasteiger partial charge in [-0.1, -0.05) is 23.7 Å². The molecule has 30 heavy (non-hydrogen) atoms. The van der Waals surface area contributed by atoms with E-state index in [1.165, 1.54) is 7.11 Å². The number of nitrogens with one attached hydrogen (secondary N) is 2. The molecule has 0 heterocycles. The molecule has 2 N–H and O–H groups in total. The number of carbonyl (C=O) groups is 2. The van der Waals surface area contributed by atoms with Gasteiger partial charge in [-0.25, -0.2) is 0 Å². The number of halogens is 2. The maximum atomic E-state index is 12.4. The minimum atomic E-state index is -0.330. The topological polar surface area (TPSA) is 76.7 Å². The van der Waals surface area contributed by atoms with E-state index in [0.29, 0.717) is 37.9 Å². The first-order chi connectivity index (χ1) is 14.5. The van der Waals surface area contributed by atoms with Gasteiger partial charge in [0.15, 0.2) is 6.61 Å². The summed E-state index contributed by atoms with van der Waals surface area (Å²) in [5, 5.41) is 6.08. The Hall–Kier alpha value is -3.03. The highest BCUT2D eigenvalue weighted by molar-refractivity contribution is 9.10. The molecule has 0 fully saturated rings. The van der Waals surface area contributed by atoms with E-state index in [2.05, 4.69) is 26.6 Å². The summed E-state index contributed by atoms with van der Waals surface area (Å²) in [6.45, 7) is -0.170. The van der Waals surface area contributed by atoms with Crippen LogP contribution in [0, 0.1) is 0 Å². The maximum Gasteiger partial charge on any atom is 0.262 e. The van der Waals surface area contributed by atoms with Gasteiger partial charge in [-0.05, 0) is 70.5 Å². The van der Waals surface area contributed by atoms with Crippen LogP contribution in [0.1, 0.15) is 10.4 Å². The first-order valence-electron chi connectivity index (χ1n) is 8.88. The highest BCUT2D eigenvalue weighted by Crippen LogP contribution is 2.28. The molecule has 8 heteroatoms. The number of anilines is 2. The number of methoxy groups -OCH3 is 1. The molecule has 0 aliphatic rings. The molecule has 0 unspecified atom stereocenters. The van der Waals surface area contributed by atoms with Gasteiger partial charge in [-0.15, -0.1) is 0 Å². The summed E-state index contributed by atoms with van der Waals surface area (Å²) in [6, 6.07) is 18.7. The lowest BCUT2D eigenvalue weighted by Gasteiger charge is -2.11. The lowest BCUT2D eigenvalue weighted by Crippen LogP contribution is -2.20. The van der Waals surface area contributed by atoms with Crippen LogP contribution >= 0.6 is 27.5 Å². The van der Waals surface area contributed by atoms with E-state index in [1.807, 2.05) is 6.07 Å². The number of hydrogen-bond acceptors (Lipinski definition) is 4. The molecule has 3 aromatic rings. The number of rotatable bonds is 7. The summed E-state index contributed by atoms with van der Waals surface area (Å²) in [5.74, 6) is 0.469. The molecule has 0 aliphatic carbocycles. The lowest BCUT2D eigenvalue weighted by atomic mass is 10.2. The molecule has 3 aromatic carbocycles. The fourth-order valence-corrected chi connectivity index (χ4v) is 3.38. The quantitative estimate of drug-likeness (QED) is 0.467. The van der Waals surface area contributed by atoms with E-state index < -0.39 is 0 Å². The fourth-order valence-electron chi connectivity index (χ4n) is 2.58. The van der Waals surface area contributed by atoms with E-state index in [-0.39, 0.29) is 18.4 Å². The molecule has 0 aromatic heterocycles. The van der Waals surface area contributed by atoms with Crippen LogP contribution in [-0.2, 0) is 4.79 Å². The van der Waals surface area contributed by atoms with Gasteiger partial charge >= 0.3 is 0 Å². The van der Waals surface area contributed by atoms with Gasteiger partial charge < -0.3 is 20.1 Å². The summed E-state index contributed by atoms with van der Waals surface area (Å²) >= 11 is 9.21. The zero-order chi connectivity index (χ0) is 21.5. The second-order valence-electron chi connectivity index (χ2n) is 6.14. The minimum Gasteiger partial charge on any atom is -0.495 e. The molecule has 0 saturated carbocycles. The highest BCUT2D eigenvalue weighted by atomic mass is 79.9. The third-order valence-corrected chi connectivity index (χ3v) is 4.89. The molecule has 0 aliphatic heterocycles. The maximum absolute atomic E-state index is 12.4. The van der Waals surface area contributed by atoms with Crippen molar-refractivity contribution in [3.05, 3.63) is 81.8 Å². The van der Waals surface area contributed by atoms with Gasteiger partial charge in [0, 0.05) is 16.3 Å². The number of benzene rings is 3. The van der Waals surface area contributed by atoms with Crippen molar-refractivity contribution >= 4 is 50.7 Å². The Labute approximate surface area is 187 Å². The van der Waals surface area contributed by atoms with Gasteiger partial charge in [0.1, 0.15) is 11.5 Å². The van der Waals surface area contributed by atoms with Gasteiger partial charge in [-0.2, -0.15) is 0 Å². The smallest absolute Gasteiger partial charge is 0.262 e. The summed E-state index contributed by atoms with van der Waals surface area (Å²) in [6.07, 6.45) is 0. The van der Waals surface area contributed by atoms with Crippen LogP contribution in [0.2, 0.25) is 5.02 Å². The van der Waals surface area contributed by atoms with Gasteiger partial charge in [-0.3, -0.25) is 9.59 Å². The van der Waals surface area contributed by atoms with Crippen molar-refractivity contribution in [2.45, 2.75) is 0 Å². The predicted octanol–water partition coefficient (Wildman–Crippen LogP) is 5.38. The van der Waals surface area contributed by atoms with Gasteiger partial charge in [0.2, 0.25) is 0 Å².